The lowest BCUT2D eigenvalue weighted by Gasteiger charge is -2.17. The molecule has 6 nitrogen and oxygen atoms in total. The zero-order valence-corrected chi connectivity index (χ0v) is 11.2. The lowest BCUT2D eigenvalue weighted by Crippen LogP contribution is -2.38. The Morgan fingerprint density at radius 3 is 2.83 bits per heavy atom. The summed E-state index contributed by atoms with van der Waals surface area (Å²) >= 11 is 0. The van der Waals surface area contributed by atoms with Crippen molar-refractivity contribution in [3.8, 4) is 0 Å². The van der Waals surface area contributed by atoms with Crippen molar-refractivity contribution < 1.29 is 9.90 Å². The molecule has 2 amide bonds. The summed E-state index contributed by atoms with van der Waals surface area (Å²) in [5, 5.41) is 18.6. The van der Waals surface area contributed by atoms with E-state index < -0.39 is 0 Å². The highest BCUT2D eigenvalue weighted by atomic mass is 16.3. The van der Waals surface area contributed by atoms with Gasteiger partial charge in [0.25, 0.3) is 0 Å². The number of hydrogen-bond donors (Lipinski definition) is 3. The molecule has 1 unspecified atom stereocenters. The molecule has 3 N–H and O–H groups in total. The van der Waals surface area contributed by atoms with Gasteiger partial charge in [-0.1, -0.05) is 6.92 Å². The standard InChI is InChI=1S/C12H22N4O2/c1-4-10(6-8-17)14-12(18)15-11-5-7-13-16(11)9(2)3/h5,7,9-10,17H,4,6,8H2,1-3H3,(H2,14,15,18). The van der Waals surface area contributed by atoms with Gasteiger partial charge in [0.15, 0.2) is 0 Å². The Labute approximate surface area is 107 Å². The molecule has 0 aliphatic carbocycles. The first kappa shape index (κ1) is 14.5. The number of anilines is 1. The molecule has 0 saturated heterocycles. The number of carbonyl (C=O) groups excluding carboxylic acids is 1. The van der Waals surface area contributed by atoms with Crippen LogP contribution in [0.1, 0.15) is 39.7 Å². The normalized spacial score (nSPS) is 12.5. The van der Waals surface area contributed by atoms with Crippen LogP contribution in [-0.2, 0) is 0 Å². The number of rotatable bonds is 6. The first-order valence-corrected chi connectivity index (χ1v) is 6.30. The molecule has 1 aromatic rings. The van der Waals surface area contributed by atoms with Gasteiger partial charge < -0.3 is 10.4 Å². The summed E-state index contributed by atoms with van der Waals surface area (Å²) < 4.78 is 1.74. The van der Waals surface area contributed by atoms with Gasteiger partial charge in [0.05, 0.1) is 6.20 Å². The van der Waals surface area contributed by atoms with Crippen molar-refractivity contribution in [2.24, 2.45) is 0 Å². The van der Waals surface area contributed by atoms with Crippen LogP contribution in [0.15, 0.2) is 12.3 Å². The molecule has 0 aromatic carbocycles. The second-order valence-corrected chi connectivity index (χ2v) is 4.47. The molecule has 0 bridgehead atoms. The summed E-state index contributed by atoms with van der Waals surface area (Å²) in [4.78, 5) is 11.8. The lowest BCUT2D eigenvalue weighted by atomic mass is 10.2. The van der Waals surface area contributed by atoms with E-state index in [0.717, 1.165) is 6.42 Å². The summed E-state index contributed by atoms with van der Waals surface area (Å²) in [5.41, 5.74) is 0. The summed E-state index contributed by atoms with van der Waals surface area (Å²) in [6.45, 7) is 6.04. The first-order valence-electron chi connectivity index (χ1n) is 6.30. The molecule has 1 rings (SSSR count). The average Bonchev–Trinajstić information content (AvgIpc) is 2.76. The predicted molar refractivity (Wildman–Crippen MR) is 70.5 cm³/mol. The maximum Gasteiger partial charge on any atom is 0.320 e. The zero-order chi connectivity index (χ0) is 13.5. The highest BCUT2D eigenvalue weighted by molar-refractivity contribution is 5.88. The average molecular weight is 254 g/mol. The van der Waals surface area contributed by atoms with Crippen molar-refractivity contribution in [1.82, 2.24) is 15.1 Å². The molecule has 0 radical (unpaired) electrons. The van der Waals surface area contributed by atoms with E-state index in [-0.39, 0.29) is 24.7 Å². The van der Waals surface area contributed by atoms with Crippen molar-refractivity contribution >= 4 is 11.8 Å². The van der Waals surface area contributed by atoms with Crippen molar-refractivity contribution in [3.63, 3.8) is 0 Å². The molecule has 0 aliphatic rings. The minimum absolute atomic E-state index is 0.00887. The van der Waals surface area contributed by atoms with Gasteiger partial charge in [0.1, 0.15) is 5.82 Å². The number of urea groups is 1. The fourth-order valence-electron chi connectivity index (χ4n) is 1.70. The van der Waals surface area contributed by atoms with Crippen LogP contribution in [0, 0.1) is 0 Å². The second-order valence-electron chi connectivity index (χ2n) is 4.47. The monoisotopic (exact) mass is 254 g/mol. The van der Waals surface area contributed by atoms with Gasteiger partial charge >= 0.3 is 6.03 Å². The van der Waals surface area contributed by atoms with E-state index >= 15 is 0 Å². The van der Waals surface area contributed by atoms with Gasteiger partial charge in [-0.15, -0.1) is 0 Å². The first-order chi connectivity index (χ1) is 8.58. The SMILES string of the molecule is CCC(CCO)NC(=O)Nc1ccnn1C(C)C. The molecule has 0 aliphatic heterocycles. The maximum absolute atomic E-state index is 11.8. The molecular weight excluding hydrogens is 232 g/mol. The number of nitrogens with zero attached hydrogens (tertiary/aromatic N) is 2. The summed E-state index contributed by atoms with van der Waals surface area (Å²) in [6.07, 6.45) is 3.01. The molecule has 102 valence electrons. The molecule has 1 atom stereocenters. The minimum atomic E-state index is -0.266. The second kappa shape index (κ2) is 7.00. The van der Waals surface area contributed by atoms with Gasteiger partial charge in [-0.25, -0.2) is 9.48 Å². The Kier molecular flexibility index (Phi) is 5.64. The smallest absolute Gasteiger partial charge is 0.320 e. The number of aromatic nitrogens is 2. The molecule has 0 saturated carbocycles. The summed E-state index contributed by atoms with van der Waals surface area (Å²) in [5.74, 6) is 0.668. The van der Waals surface area contributed by atoms with Crippen molar-refractivity contribution in [2.45, 2.75) is 45.7 Å². The van der Waals surface area contributed by atoms with Crippen LogP contribution in [0.25, 0.3) is 0 Å². The number of amides is 2. The van der Waals surface area contributed by atoms with Crippen molar-refractivity contribution in [2.75, 3.05) is 11.9 Å². The minimum Gasteiger partial charge on any atom is -0.396 e. The Hall–Kier alpha value is -1.56. The quantitative estimate of drug-likeness (QED) is 0.723. The Morgan fingerprint density at radius 2 is 2.28 bits per heavy atom. The van der Waals surface area contributed by atoms with E-state index in [0.29, 0.717) is 12.2 Å². The highest BCUT2D eigenvalue weighted by Gasteiger charge is 2.12. The van der Waals surface area contributed by atoms with Gasteiger partial charge in [-0.2, -0.15) is 5.10 Å². The Morgan fingerprint density at radius 1 is 1.56 bits per heavy atom. The van der Waals surface area contributed by atoms with Crippen LogP contribution in [-0.4, -0.2) is 33.6 Å². The van der Waals surface area contributed by atoms with E-state index in [9.17, 15) is 4.79 Å². The number of nitrogens with one attached hydrogen (secondary N) is 2. The third-order valence-corrected chi connectivity index (χ3v) is 2.71. The van der Waals surface area contributed by atoms with Crippen molar-refractivity contribution in [1.29, 1.82) is 0 Å². The van der Waals surface area contributed by atoms with Crippen LogP contribution in [0.2, 0.25) is 0 Å². The molecule has 18 heavy (non-hydrogen) atoms. The number of aliphatic hydroxyl groups is 1. The summed E-state index contributed by atoms with van der Waals surface area (Å²) in [7, 11) is 0. The highest BCUT2D eigenvalue weighted by Crippen LogP contribution is 2.12. The lowest BCUT2D eigenvalue weighted by molar-refractivity contribution is 0.237. The van der Waals surface area contributed by atoms with Crippen LogP contribution in [0.3, 0.4) is 0 Å². The molecule has 0 spiro atoms. The maximum atomic E-state index is 11.8. The molecule has 0 fully saturated rings. The Balaban J connectivity index is 2.56. The van der Waals surface area contributed by atoms with Gasteiger partial charge in [0, 0.05) is 24.8 Å². The Bertz CT molecular complexity index is 376. The van der Waals surface area contributed by atoms with Gasteiger partial charge in [-0.3, -0.25) is 5.32 Å². The number of hydrogen-bond acceptors (Lipinski definition) is 3. The van der Waals surface area contributed by atoms with Crippen LogP contribution < -0.4 is 10.6 Å². The predicted octanol–water partition coefficient (Wildman–Crippen LogP) is 1.75. The number of aliphatic hydroxyl groups excluding tert-OH is 1. The van der Waals surface area contributed by atoms with E-state index in [4.69, 9.17) is 5.11 Å². The van der Waals surface area contributed by atoms with E-state index in [1.165, 1.54) is 0 Å². The zero-order valence-electron chi connectivity index (χ0n) is 11.2. The molecule has 6 heteroatoms. The van der Waals surface area contributed by atoms with E-state index in [1.54, 1.807) is 16.9 Å². The fourth-order valence-corrected chi connectivity index (χ4v) is 1.70. The van der Waals surface area contributed by atoms with E-state index in [1.807, 2.05) is 20.8 Å². The molecule has 1 aromatic heterocycles. The van der Waals surface area contributed by atoms with Crippen molar-refractivity contribution in [3.05, 3.63) is 12.3 Å². The fraction of sp³-hybridized carbons (Fsp3) is 0.667. The van der Waals surface area contributed by atoms with E-state index in [2.05, 4.69) is 15.7 Å². The molecule has 1 heterocycles. The topological polar surface area (TPSA) is 79.2 Å². The van der Waals surface area contributed by atoms with Gasteiger partial charge in [-0.05, 0) is 26.7 Å². The third-order valence-electron chi connectivity index (χ3n) is 2.71. The van der Waals surface area contributed by atoms with Crippen LogP contribution in [0.4, 0.5) is 10.6 Å². The van der Waals surface area contributed by atoms with Crippen LogP contribution in [0.5, 0.6) is 0 Å². The van der Waals surface area contributed by atoms with Crippen LogP contribution >= 0.6 is 0 Å². The number of carbonyl (C=O) groups is 1. The molecular formula is C12H22N4O2. The van der Waals surface area contributed by atoms with Gasteiger partial charge in [0.2, 0.25) is 0 Å². The summed E-state index contributed by atoms with van der Waals surface area (Å²) in [6, 6.07) is 1.67. The third kappa shape index (κ3) is 4.03. The largest absolute Gasteiger partial charge is 0.396 e.